The molecule has 1 aromatic heterocycles. The average molecular weight is 542 g/mol. The Hall–Kier alpha value is -4.20. The summed E-state index contributed by atoms with van der Waals surface area (Å²) in [6.07, 6.45) is 0.0676. The molecule has 208 valence electrons. The number of hydrogen-bond acceptors (Lipinski definition) is 7. The number of hydrogen-bond donors (Lipinski definition) is 2. The number of aliphatic hydroxyl groups excluding tert-OH is 1. The minimum Gasteiger partial charge on any atom is -0.390 e. The van der Waals surface area contributed by atoms with E-state index in [1.54, 1.807) is 6.92 Å². The van der Waals surface area contributed by atoms with Crippen LogP contribution in [-0.4, -0.2) is 81.9 Å². The number of para-hydroxylation sites is 1. The molecule has 1 atom stereocenters. The number of aromatic nitrogens is 2. The Kier molecular flexibility index (Phi) is 8.14. The first-order valence-corrected chi connectivity index (χ1v) is 13.7. The summed E-state index contributed by atoms with van der Waals surface area (Å²) in [6.45, 7) is 8.24. The van der Waals surface area contributed by atoms with Gasteiger partial charge in [0.05, 0.1) is 29.6 Å². The molecule has 0 saturated carbocycles. The lowest BCUT2D eigenvalue weighted by atomic mass is 10.0. The van der Waals surface area contributed by atoms with Crippen molar-refractivity contribution < 1.29 is 14.7 Å². The molecule has 1 fully saturated rings. The van der Waals surface area contributed by atoms with Crippen molar-refractivity contribution in [2.75, 3.05) is 49.5 Å². The molecule has 2 aliphatic heterocycles. The normalized spacial score (nSPS) is 16.2. The second kappa shape index (κ2) is 11.9. The van der Waals surface area contributed by atoms with E-state index in [-0.39, 0.29) is 11.8 Å². The number of benzene rings is 2. The fourth-order valence-electron chi connectivity index (χ4n) is 5.63. The van der Waals surface area contributed by atoms with E-state index in [1.807, 2.05) is 58.1 Å². The van der Waals surface area contributed by atoms with Gasteiger partial charge in [-0.2, -0.15) is 10.4 Å². The van der Waals surface area contributed by atoms with Gasteiger partial charge in [0.2, 0.25) is 11.8 Å². The van der Waals surface area contributed by atoms with Crippen LogP contribution in [0.1, 0.15) is 30.7 Å². The van der Waals surface area contributed by atoms with Gasteiger partial charge in [-0.3, -0.25) is 19.2 Å². The van der Waals surface area contributed by atoms with Crippen molar-refractivity contribution >= 4 is 23.2 Å². The van der Waals surface area contributed by atoms with Gasteiger partial charge in [-0.05, 0) is 24.3 Å². The lowest BCUT2D eigenvalue weighted by Crippen LogP contribution is -2.49. The highest BCUT2D eigenvalue weighted by Gasteiger charge is 2.28. The van der Waals surface area contributed by atoms with Crippen molar-refractivity contribution in [1.29, 1.82) is 5.26 Å². The van der Waals surface area contributed by atoms with Gasteiger partial charge < -0.3 is 20.2 Å². The maximum absolute atomic E-state index is 12.2. The van der Waals surface area contributed by atoms with Gasteiger partial charge >= 0.3 is 0 Å². The SMILES string of the molecule is CC(=O)Nc1ccc(-c2nn(CC(O)CN3CCN(c4ccccc4C#N)CC3)c3c2CN(C(C)=O)CC3)cc1. The first kappa shape index (κ1) is 27.4. The summed E-state index contributed by atoms with van der Waals surface area (Å²) >= 11 is 0. The molecule has 5 rings (SSSR count). The Morgan fingerprint density at radius 3 is 2.42 bits per heavy atom. The molecule has 0 spiro atoms. The van der Waals surface area contributed by atoms with E-state index in [9.17, 15) is 20.0 Å². The number of nitrogens with zero attached hydrogens (tertiary/aromatic N) is 6. The molecular formula is C30H35N7O3. The van der Waals surface area contributed by atoms with Crippen molar-refractivity contribution in [2.24, 2.45) is 0 Å². The molecule has 0 aliphatic carbocycles. The van der Waals surface area contributed by atoms with Crippen LogP contribution in [0.25, 0.3) is 11.3 Å². The first-order valence-electron chi connectivity index (χ1n) is 13.7. The highest BCUT2D eigenvalue weighted by Crippen LogP contribution is 2.31. The van der Waals surface area contributed by atoms with E-state index in [0.717, 1.165) is 54.4 Å². The van der Waals surface area contributed by atoms with Crippen molar-refractivity contribution in [3.8, 4) is 17.3 Å². The second-order valence-electron chi connectivity index (χ2n) is 10.5. The number of carbonyl (C=O) groups excluding carboxylic acids is 2. The zero-order chi connectivity index (χ0) is 28.2. The Morgan fingerprint density at radius 1 is 1.02 bits per heavy atom. The highest BCUT2D eigenvalue weighted by molar-refractivity contribution is 5.89. The average Bonchev–Trinajstić information content (AvgIpc) is 3.30. The lowest BCUT2D eigenvalue weighted by Gasteiger charge is -2.37. The number of carbonyl (C=O) groups is 2. The largest absolute Gasteiger partial charge is 0.390 e. The minimum atomic E-state index is -0.609. The minimum absolute atomic E-state index is 0.0296. The van der Waals surface area contributed by atoms with E-state index in [2.05, 4.69) is 21.2 Å². The van der Waals surface area contributed by atoms with Gasteiger partial charge in [-0.15, -0.1) is 0 Å². The Labute approximate surface area is 234 Å². The fourth-order valence-corrected chi connectivity index (χ4v) is 5.63. The lowest BCUT2D eigenvalue weighted by molar-refractivity contribution is -0.129. The molecule has 0 radical (unpaired) electrons. The van der Waals surface area contributed by atoms with E-state index in [1.165, 1.54) is 6.92 Å². The predicted molar refractivity (Wildman–Crippen MR) is 153 cm³/mol. The van der Waals surface area contributed by atoms with Crippen molar-refractivity contribution in [2.45, 2.75) is 39.5 Å². The van der Waals surface area contributed by atoms with Crippen LogP contribution in [-0.2, 0) is 29.1 Å². The summed E-state index contributed by atoms with van der Waals surface area (Å²) in [4.78, 5) is 29.9. The molecule has 1 saturated heterocycles. The van der Waals surface area contributed by atoms with Crippen LogP contribution >= 0.6 is 0 Å². The van der Waals surface area contributed by atoms with E-state index >= 15 is 0 Å². The van der Waals surface area contributed by atoms with Crippen LogP contribution < -0.4 is 10.2 Å². The van der Waals surface area contributed by atoms with Gasteiger partial charge in [0.1, 0.15) is 6.07 Å². The summed E-state index contributed by atoms with van der Waals surface area (Å²) in [5.41, 5.74) is 6.11. The smallest absolute Gasteiger partial charge is 0.221 e. The predicted octanol–water partition coefficient (Wildman–Crippen LogP) is 2.47. The Morgan fingerprint density at radius 2 is 1.75 bits per heavy atom. The molecule has 2 aliphatic rings. The number of rotatable bonds is 7. The number of nitriles is 1. The molecule has 0 bridgehead atoms. The van der Waals surface area contributed by atoms with Crippen molar-refractivity contribution in [3.05, 3.63) is 65.4 Å². The molecule has 3 aromatic rings. The second-order valence-corrected chi connectivity index (χ2v) is 10.5. The summed E-state index contributed by atoms with van der Waals surface area (Å²) in [5.74, 6) is -0.101. The van der Waals surface area contributed by atoms with Crippen LogP contribution in [0.15, 0.2) is 48.5 Å². The Bertz CT molecular complexity index is 1420. The fraction of sp³-hybridized carbons (Fsp3) is 0.400. The molecule has 2 aromatic carbocycles. The number of β-amino-alcohol motifs (C(OH)–C–C–N with tert-alkyl or cyclic N) is 1. The Balaban J connectivity index is 1.28. The van der Waals surface area contributed by atoms with Gasteiger partial charge in [0.15, 0.2) is 0 Å². The summed E-state index contributed by atoms with van der Waals surface area (Å²) in [6, 6.07) is 17.5. The topological polar surface area (TPSA) is 118 Å². The van der Waals surface area contributed by atoms with Crippen LogP contribution in [0.2, 0.25) is 0 Å². The number of piperazine rings is 1. The molecular weight excluding hydrogens is 506 g/mol. The maximum atomic E-state index is 12.2. The third-order valence-electron chi connectivity index (χ3n) is 7.65. The number of amides is 2. The number of nitrogens with one attached hydrogen (secondary N) is 1. The zero-order valence-electron chi connectivity index (χ0n) is 23.0. The first-order chi connectivity index (χ1) is 19.3. The standard InChI is InChI=1S/C30H35N7O3/c1-21(38)32-25-9-7-23(8-10-25)30-27-20-36(22(2)39)12-11-29(27)37(33-30)19-26(40)18-34-13-15-35(16-14-34)28-6-4-3-5-24(28)17-31/h3-10,26,40H,11-16,18-20H2,1-2H3,(H,32,38). The van der Waals surface area contributed by atoms with Crippen LogP contribution in [0.3, 0.4) is 0 Å². The molecule has 40 heavy (non-hydrogen) atoms. The third kappa shape index (κ3) is 6.01. The quantitative estimate of drug-likeness (QED) is 0.472. The molecule has 1 unspecified atom stereocenters. The van der Waals surface area contributed by atoms with E-state index < -0.39 is 6.10 Å². The van der Waals surface area contributed by atoms with Gasteiger partial charge in [0.25, 0.3) is 0 Å². The number of aliphatic hydroxyl groups is 1. The molecule has 3 heterocycles. The van der Waals surface area contributed by atoms with Gasteiger partial charge in [-0.1, -0.05) is 24.3 Å². The zero-order valence-corrected chi connectivity index (χ0v) is 23.0. The third-order valence-corrected chi connectivity index (χ3v) is 7.65. The molecule has 2 N–H and O–H groups in total. The summed E-state index contributed by atoms with van der Waals surface area (Å²) in [5, 5.41) is 28.2. The summed E-state index contributed by atoms with van der Waals surface area (Å²) in [7, 11) is 0. The van der Waals surface area contributed by atoms with Crippen molar-refractivity contribution in [3.63, 3.8) is 0 Å². The molecule has 10 heteroatoms. The van der Waals surface area contributed by atoms with E-state index in [4.69, 9.17) is 5.10 Å². The van der Waals surface area contributed by atoms with E-state index in [0.29, 0.717) is 43.9 Å². The van der Waals surface area contributed by atoms with Crippen LogP contribution in [0, 0.1) is 11.3 Å². The van der Waals surface area contributed by atoms with Crippen LogP contribution in [0.5, 0.6) is 0 Å². The number of anilines is 2. The highest BCUT2D eigenvalue weighted by atomic mass is 16.3. The summed E-state index contributed by atoms with van der Waals surface area (Å²) < 4.78 is 1.91. The monoisotopic (exact) mass is 541 g/mol. The van der Waals surface area contributed by atoms with Crippen LogP contribution in [0.4, 0.5) is 11.4 Å². The molecule has 10 nitrogen and oxygen atoms in total. The maximum Gasteiger partial charge on any atom is 0.221 e. The van der Waals surface area contributed by atoms with Gasteiger partial charge in [-0.25, -0.2) is 0 Å². The van der Waals surface area contributed by atoms with Gasteiger partial charge in [0, 0.05) is 88.6 Å². The number of fused-ring (bicyclic) bond motifs is 1. The van der Waals surface area contributed by atoms with Crippen molar-refractivity contribution in [1.82, 2.24) is 19.6 Å². The molecule has 2 amide bonds.